The fraction of sp³-hybridized carbons (Fsp3) is 0.412. The maximum Gasteiger partial charge on any atom is 0.136 e. The molecule has 3 rings (SSSR count). The highest BCUT2D eigenvalue weighted by Crippen LogP contribution is 2.37. The lowest BCUT2D eigenvalue weighted by atomic mass is 9.89. The Kier molecular flexibility index (Phi) is 3.81. The Morgan fingerprint density at radius 2 is 2.05 bits per heavy atom. The second-order valence-corrected chi connectivity index (χ2v) is 6.75. The third-order valence-electron chi connectivity index (χ3n) is 4.48. The van der Waals surface area contributed by atoms with Gasteiger partial charge >= 0.3 is 0 Å². The number of thiocarbonyl (C=S) groups is 1. The average molecular weight is 299 g/mol. The molecule has 1 aliphatic rings. The Hall–Kier alpha value is -1.68. The number of benzene rings is 1. The summed E-state index contributed by atoms with van der Waals surface area (Å²) in [7, 11) is 0. The fourth-order valence-electron chi connectivity index (χ4n) is 3.14. The molecule has 2 aromatic rings. The van der Waals surface area contributed by atoms with Crippen LogP contribution in [0.15, 0.2) is 30.3 Å². The van der Waals surface area contributed by atoms with E-state index in [0.29, 0.717) is 10.4 Å². The summed E-state index contributed by atoms with van der Waals surface area (Å²) in [6.07, 6.45) is 5.20. The smallest absolute Gasteiger partial charge is 0.136 e. The van der Waals surface area contributed by atoms with Gasteiger partial charge in [0.25, 0.3) is 0 Å². The van der Waals surface area contributed by atoms with Crippen LogP contribution < -0.4 is 11.1 Å². The molecular weight excluding hydrogens is 278 g/mol. The van der Waals surface area contributed by atoms with Crippen molar-refractivity contribution < 1.29 is 0 Å². The molecule has 0 radical (unpaired) electrons. The van der Waals surface area contributed by atoms with Crippen LogP contribution in [0.25, 0.3) is 10.9 Å². The van der Waals surface area contributed by atoms with Crippen LogP contribution >= 0.6 is 12.2 Å². The third-order valence-corrected chi connectivity index (χ3v) is 4.70. The lowest BCUT2D eigenvalue weighted by Crippen LogP contribution is -2.25. The van der Waals surface area contributed by atoms with Crippen LogP contribution in [-0.4, -0.2) is 16.5 Å². The van der Waals surface area contributed by atoms with E-state index in [4.69, 9.17) is 22.9 Å². The molecule has 0 bridgehead atoms. The van der Waals surface area contributed by atoms with Crippen LogP contribution in [-0.2, 0) is 0 Å². The molecule has 0 unspecified atom stereocenters. The molecule has 21 heavy (non-hydrogen) atoms. The molecule has 0 amide bonds. The van der Waals surface area contributed by atoms with Crippen LogP contribution in [0, 0.1) is 5.41 Å². The van der Waals surface area contributed by atoms with Crippen molar-refractivity contribution in [2.75, 3.05) is 11.9 Å². The minimum atomic E-state index is 0.362. The van der Waals surface area contributed by atoms with Crippen molar-refractivity contribution in [2.24, 2.45) is 11.1 Å². The molecule has 4 heteroatoms. The molecule has 0 spiro atoms. The standard InChI is InChI=1S/C17H21N3S/c1-17(8-4-5-9-17)11-19-16-13(15(18)21)10-12-6-2-3-7-14(12)20-16/h2-3,6-7,10H,4-5,8-9,11H2,1H3,(H2,18,21)(H,19,20). The molecule has 1 fully saturated rings. The minimum absolute atomic E-state index is 0.362. The van der Waals surface area contributed by atoms with Gasteiger partial charge < -0.3 is 11.1 Å². The van der Waals surface area contributed by atoms with Gasteiger partial charge in [-0.1, -0.05) is 50.2 Å². The molecule has 3 N–H and O–H groups in total. The van der Waals surface area contributed by atoms with E-state index in [1.165, 1.54) is 25.7 Å². The first-order chi connectivity index (χ1) is 10.1. The van der Waals surface area contributed by atoms with Gasteiger partial charge in [-0.15, -0.1) is 0 Å². The zero-order valence-electron chi connectivity index (χ0n) is 12.4. The van der Waals surface area contributed by atoms with E-state index in [0.717, 1.165) is 28.8 Å². The molecule has 0 atom stereocenters. The number of nitrogens with one attached hydrogen (secondary N) is 1. The van der Waals surface area contributed by atoms with Crippen molar-refractivity contribution in [3.05, 3.63) is 35.9 Å². The first kappa shape index (κ1) is 14.3. The van der Waals surface area contributed by atoms with Gasteiger partial charge in [0.1, 0.15) is 10.8 Å². The minimum Gasteiger partial charge on any atom is -0.389 e. The Morgan fingerprint density at radius 3 is 2.76 bits per heavy atom. The monoisotopic (exact) mass is 299 g/mol. The highest BCUT2D eigenvalue weighted by Gasteiger charge is 2.28. The summed E-state index contributed by atoms with van der Waals surface area (Å²) in [5.41, 5.74) is 8.04. The number of hydrogen-bond donors (Lipinski definition) is 2. The molecule has 3 nitrogen and oxygen atoms in total. The van der Waals surface area contributed by atoms with Crippen molar-refractivity contribution in [3.8, 4) is 0 Å². The number of pyridine rings is 1. The number of nitrogens with two attached hydrogens (primary N) is 1. The van der Waals surface area contributed by atoms with Gasteiger partial charge in [-0.2, -0.15) is 0 Å². The quantitative estimate of drug-likeness (QED) is 0.842. The van der Waals surface area contributed by atoms with Crippen molar-refractivity contribution in [1.82, 2.24) is 4.98 Å². The largest absolute Gasteiger partial charge is 0.389 e. The van der Waals surface area contributed by atoms with E-state index in [9.17, 15) is 0 Å². The van der Waals surface area contributed by atoms with E-state index < -0.39 is 0 Å². The first-order valence-corrected chi connectivity index (χ1v) is 7.92. The molecule has 1 aromatic heterocycles. The number of hydrogen-bond acceptors (Lipinski definition) is 3. The lowest BCUT2D eigenvalue weighted by Gasteiger charge is -2.24. The predicted octanol–water partition coefficient (Wildman–Crippen LogP) is 3.86. The van der Waals surface area contributed by atoms with Crippen molar-refractivity contribution >= 4 is 33.9 Å². The van der Waals surface area contributed by atoms with E-state index in [1.807, 2.05) is 30.3 Å². The Labute approximate surface area is 130 Å². The highest BCUT2D eigenvalue weighted by atomic mass is 32.1. The molecule has 1 heterocycles. The van der Waals surface area contributed by atoms with Crippen LogP contribution in [0.4, 0.5) is 5.82 Å². The van der Waals surface area contributed by atoms with Gasteiger partial charge in [0.2, 0.25) is 0 Å². The predicted molar refractivity (Wildman–Crippen MR) is 92.7 cm³/mol. The fourth-order valence-corrected chi connectivity index (χ4v) is 3.30. The summed E-state index contributed by atoms with van der Waals surface area (Å²) in [6, 6.07) is 10.1. The summed E-state index contributed by atoms with van der Waals surface area (Å²) in [6.45, 7) is 3.27. The van der Waals surface area contributed by atoms with E-state index in [1.54, 1.807) is 0 Å². The lowest BCUT2D eigenvalue weighted by molar-refractivity contribution is 0.361. The maximum absolute atomic E-state index is 5.87. The Bertz CT molecular complexity index is 675. The van der Waals surface area contributed by atoms with Crippen molar-refractivity contribution in [1.29, 1.82) is 0 Å². The molecule has 0 aliphatic heterocycles. The third kappa shape index (κ3) is 3.00. The van der Waals surface area contributed by atoms with Gasteiger partial charge in [-0.05, 0) is 30.4 Å². The van der Waals surface area contributed by atoms with Crippen LogP contribution in [0.5, 0.6) is 0 Å². The van der Waals surface area contributed by atoms with Gasteiger partial charge in [0.05, 0.1) is 11.1 Å². The van der Waals surface area contributed by atoms with Gasteiger partial charge in [0.15, 0.2) is 0 Å². The zero-order chi connectivity index (χ0) is 14.9. The normalized spacial score (nSPS) is 17.0. The molecule has 1 aliphatic carbocycles. The summed E-state index contributed by atoms with van der Waals surface area (Å²) in [5.74, 6) is 0.814. The van der Waals surface area contributed by atoms with Gasteiger partial charge in [0, 0.05) is 11.9 Å². The second kappa shape index (κ2) is 5.60. The summed E-state index contributed by atoms with van der Waals surface area (Å²) >= 11 is 5.19. The number of para-hydroxylation sites is 1. The zero-order valence-corrected chi connectivity index (χ0v) is 13.2. The van der Waals surface area contributed by atoms with Crippen LogP contribution in [0.3, 0.4) is 0 Å². The van der Waals surface area contributed by atoms with Gasteiger partial charge in [-0.3, -0.25) is 0 Å². The molecular formula is C17H21N3S. The average Bonchev–Trinajstić information content (AvgIpc) is 2.91. The Morgan fingerprint density at radius 1 is 1.33 bits per heavy atom. The van der Waals surface area contributed by atoms with Crippen molar-refractivity contribution in [2.45, 2.75) is 32.6 Å². The topological polar surface area (TPSA) is 50.9 Å². The molecule has 0 saturated heterocycles. The summed E-state index contributed by atoms with van der Waals surface area (Å²) in [4.78, 5) is 5.11. The first-order valence-electron chi connectivity index (χ1n) is 7.51. The van der Waals surface area contributed by atoms with E-state index in [2.05, 4.69) is 12.2 Å². The van der Waals surface area contributed by atoms with E-state index >= 15 is 0 Å². The van der Waals surface area contributed by atoms with Gasteiger partial charge in [-0.25, -0.2) is 4.98 Å². The number of rotatable bonds is 4. The second-order valence-electron chi connectivity index (χ2n) is 6.31. The number of nitrogens with zero attached hydrogens (tertiary/aromatic N) is 1. The molecule has 110 valence electrons. The number of fused-ring (bicyclic) bond motifs is 1. The Balaban J connectivity index is 1.92. The van der Waals surface area contributed by atoms with Crippen LogP contribution in [0.1, 0.15) is 38.2 Å². The van der Waals surface area contributed by atoms with Crippen LogP contribution in [0.2, 0.25) is 0 Å². The molecule has 1 saturated carbocycles. The highest BCUT2D eigenvalue weighted by molar-refractivity contribution is 7.80. The summed E-state index contributed by atoms with van der Waals surface area (Å²) in [5, 5.41) is 4.56. The SMILES string of the molecule is CC1(CNc2nc3ccccc3cc2C(N)=S)CCCC1. The maximum atomic E-state index is 5.87. The number of anilines is 1. The summed E-state index contributed by atoms with van der Waals surface area (Å²) < 4.78 is 0. The van der Waals surface area contributed by atoms with Crippen molar-refractivity contribution in [3.63, 3.8) is 0 Å². The number of aromatic nitrogens is 1. The van der Waals surface area contributed by atoms with E-state index in [-0.39, 0.29) is 0 Å². The molecule has 1 aromatic carbocycles.